The van der Waals surface area contributed by atoms with Crippen molar-refractivity contribution in [2.24, 2.45) is 0 Å². The highest BCUT2D eigenvalue weighted by atomic mass is 19.1. The highest BCUT2D eigenvalue weighted by Gasteiger charge is 2.11. The van der Waals surface area contributed by atoms with E-state index in [0.29, 0.717) is 11.1 Å². The second-order valence-electron chi connectivity index (χ2n) is 4.33. The fraction of sp³-hybridized carbons (Fsp3) is 0.0714. The van der Waals surface area contributed by atoms with Gasteiger partial charge in [-0.1, -0.05) is 6.07 Å². The minimum absolute atomic E-state index is 0.0967. The molecular formula is C14H10FN3O3. The van der Waals surface area contributed by atoms with Crippen LogP contribution in [0.3, 0.4) is 0 Å². The van der Waals surface area contributed by atoms with Gasteiger partial charge in [0, 0.05) is 24.2 Å². The van der Waals surface area contributed by atoms with E-state index in [9.17, 15) is 9.18 Å². The van der Waals surface area contributed by atoms with Crippen molar-refractivity contribution in [2.45, 2.75) is 0 Å². The Morgan fingerprint density at radius 1 is 1.33 bits per heavy atom. The van der Waals surface area contributed by atoms with Gasteiger partial charge in [0.05, 0.1) is 7.11 Å². The van der Waals surface area contributed by atoms with Crippen LogP contribution in [0.4, 0.5) is 4.39 Å². The van der Waals surface area contributed by atoms with Crippen LogP contribution < -0.4 is 4.74 Å². The predicted octanol–water partition coefficient (Wildman–Crippen LogP) is 2.24. The summed E-state index contributed by atoms with van der Waals surface area (Å²) >= 11 is 0. The number of methoxy groups -OCH3 is 1. The summed E-state index contributed by atoms with van der Waals surface area (Å²) in [6.45, 7) is 0. The van der Waals surface area contributed by atoms with E-state index in [-0.39, 0.29) is 17.2 Å². The molecule has 7 heteroatoms. The number of hydrogen-bond acceptors (Lipinski definition) is 4. The van der Waals surface area contributed by atoms with Crippen molar-refractivity contribution in [2.75, 3.05) is 7.11 Å². The molecule has 0 fully saturated rings. The summed E-state index contributed by atoms with van der Waals surface area (Å²) in [7, 11) is 1.39. The molecule has 0 aliphatic carbocycles. The van der Waals surface area contributed by atoms with Crippen LogP contribution in [0.1, 0.15) is 10.5 Å². The SMILES string of the molecule is COc1ccc(-c2cnc3nc(C(=O)O)cn3c2)cc1F. The van der Waals surface area contributed by atoms with Crippen molar-refractivity contribution in [3.05, 3.63) is 48.3 Å². The van der Waals surface area contributed by atoms with Gasteiger partial charge >= 0.3 is 5.97 Å². The van der Waals surface area contributed by atoms with Crippen molar-refractivity contribution >= 4 is 11.7 Å². The number of hydrogen-bond donors (Lipinski definition) is 1. The quantitative estimate of drug-likeness (QED) is 0.799. The second kappa shape index (κ2) is 4.86. The van der Waals surface area contributed by atoms with Crippen molar-refractivity contribution in [1.82, 2.24) is 14.4 Å². The highest BCUT2D eigenvalue weighted by molar-refractivity contribution is 5.85. The van der Waals surface area contributed by atoms with Gasteiger partial charge in [-0.3, -0.25) is 4.40 Å². The molecule has 2 aromatic heterocycles. The fourth-order valence-electron chi connectivity index (χ4n) is 1.98. The van der Waals surface area contributed by atoms with E-state index in [0.717, 1.165) is 0 Å². The summed E-state index contributed by atoms with van der Waals surface area (Å²) in [4.78, 5) is 18.8. The molecule has 106 valence electrons. The average Bonchev–Trinajstić information content (AvgIpc) is 2.90. The lowest BCUT2D eigenvalue weighted by Gasteiger charge is -2.05. The number of carboxylic acid groups (broad SMARTS) is 1. The van der Waals surface area contributed by atoms with Gasteiger partial charge < -0.3 is 9.84 Å². The molecular weight excluding hydrogens is 277 g/mol. The Balaban J connectivity index is 2.08. The second-order valence-corrected chi connectivity index (χ2v) is 4.33. The van der Waals surface area contributed by atoms with E-state index < -0.39 is 11.8 Å². The molecule has 0 spiro atoms. The van der Waals surface area contributed by atoms with E-state index >= 15 is 0 Å². The summed E-state index contributed by atoms with van der Waals surface area (Å²) in [5.74, 6) is -1.18. The first-order chi connectivity index (χ1) is 10.1. The lowest BCUT2D eigenvalue weighted by molar-refractivity contribution is 0.0691. The van der Waals surface area contributed by atoms with Gasteiger partial charge in [0.2, 0.25) is 5.78 Å². The summed E-state index contributed by atoms with van der Waals surface area (Å²) in [5.41, 5.74) is 1.15. The summed E-state index contributed by atoms with van der Waals surface area (Å²) in [6, 6.07) is 4.54. The number of benzene rings is 1. The minimum Gasteiger partial charge on any atom is -0.494 e. The Bertz CT molecular complexity index is 845. The molecule has 0 unspecified atom stereocenters. The summed E-state index contributed by atoms with van der Waals surface area (Å²) in [5, 5.41) is 8.90. The predicted molar refractivity (Wildman–Crippen MR) is 71.9 cm³/mol. The molecule has 3 aromatic rings. The maximum Gasteiger partial charge on any atom is 0.356 e. The number of fused-ring (bicyclic) bond motifs is 1. The number of ether oxygens (including phenoxy) is 1. The monoisotopic (exact) mass is 287 g/mol. The lowest BCUT2D eigenvalue weighted by atomic mass is 10.1. The number of rotatable bonds is 3. The first-order valence-corrected chi connectivity index (χ1v) is 6.00. The van der Waals surface area contributed by atoms with Crippen LogP contribution in [-0.4, -0.2) is 32.6 Å². The molecule has 1 aromatic carbocycles. The molecule has 0 aliphatic rings. The van der Waals surface area contributed by atoms with E-state index in [1.54, 1.807) is 12.3 Å². The molecule has 0 amide bonds. The first kappa shape index (κ1) is 13.0. The number of aromatic nitrogens is 3. The van der Waals surface area contributed by atoms with Gasteiger partial charge in [-0.05, 0) is 17.7 Å². The maximum absolute atomic E-state index is 13.7. The number of imidazole rings is 1. The molecule has 2 heterocycles. The van der Waals surface area contributed by atoms with E-state index in [4.69, 9.17) is 9.84 Å². The molecule has 0 radical (unpaired) electrons. The zero-order valence-electron chi connectivity index (χ0n) is 10.9. The normalized spacial score (nSPS) is 10.8. The zero-order valence-corrected chi connectivity index (χ0v) is 10.9. The number of carboxylic acids is 1. The fourth-order valence-corrected chi connectivity index (χ4v) is 1.98. The lowest BCUT2D eigenvalue weighted by Crippen LogP contribution is -1.94. The number of halogens is 1. The van der Waals surface area contributed by atoms with Crippen LogP contribution in [0.15, 0.2) is 36.8 Å². The van der Waals surface area contributed by atoms with Crippen molar-refractivity contribution in [1.29, 1.82) is 0 Å². The largest absolute Gasteiger partial charge is 0.494 e. The topological polar surface area (TPSA) is 76.7 Å². The van der Waals surface area contributed by atoms with Gasteiger partial charge in [0.15, 0.2) is 17.3 Å². The van der Waals surface area contributed by atoms with Gasteiger partial charge in [0.1, 0.15) is 0 Å². The van der Waals surface area contributed by atoms with Crippen LogP contribution in [0.25, 0.3) is 16.9 Å². The van der Waals surface area contributed by atoms with Crippen molar-refractivity contribution in [3.8, 4) is 16.9 Å². The van der Waals surface area contributed by atoms with Crippen molar-refractivity contribution in [3.63, 3.8) is 0 Å². The van der Waals surface area contributed by atoms with Gasteiger partial charge in [0.25, 0.3) is 0 Å². The third kappa shape index (κ3) is 2.29. The van der Waals surface area contributed by atoms with Crippen LogP contribution >= 0.6 is 0 Å². The van der Waals surface area contributed by atoms with E-state index in [1.807, 2.05) is 0 Å². The zero-order chi connectivity index (χ0) is 15.0. The highest BCUT2D eigenvalue weighted by Crippen LogP contribution is 2.25. The molecule has 1 N–H and O–H groups in total. The van der Waals surface area contributed by atoms with E-state index in [2.05, 4.69) is 9.97 Å². The molecule has 3 rings (SSSR count). The van der Waals surface area contributed by atoms with Gasteiger partial charge in [-0.25, -0.2) is 19.2 Å². The molecule has 0 saturated carbocycles. The standard InChI is InChI=1S/C14H10FN3O3/c1-21-12-3-2-8(4-10(12)15)9-5-16-14-17-11(13(19)20)7-18(14)6-9/h2-7H,1H3,(H,19,20). The van der Waals surface area contributed by atoms with Crippen molar-refractivity contribution < 1.29 is 19.0 Å². The van der Waals surface area contributed by atoms with Crippen LogP contribution in [0, 0.1) is 5.82 Å². The van der Waals surface area contributed by atoms with E-state index in [1.165, 1.54) is 36.0 Å². The molecule has 0 aliphatic heterocycles. The molecule has 21 heavy (non-hydrogen) atoms. The van der Waals surface area contributed by atoms with Gasteiger partial charge in [-0.2, -0.15) is 0 Å². The Morgan fingerprint density at radius 2 is 2.14 bits per heavy atom. The smallest absolute Gasteiger partial charge is 0.356 e. The minimum atomic E-state index is -1.13. The molecule has 0 saturated heterocycles. The Morgan fingerprint density at radius 3 is 2.81 bits per heavy atom. The van der Waals surface area contributed by atoms with Crippen LogP contribution in [-0.2, 0) is 0 Å². The Kier molecular flexibility index (Phi) is 3.02. The third-order valence-electron chi connectivity index (χ3n) is 3.01. The van der Waals surface area contributed by atoms with Crippen LogP contribution in [0.5, 0.6) is 5.75 Å². The summed E-state index contributed by atoms with van der Waals surface area (Å²) in [6.07, 6.45) is 4.51. The maximum atomic E-state index is 13.7. The number of nitrogens with zero attached hydrogens (tertiary/aromatic N) is 3. The summed E-state index contributed by atoms with van der Waals surface area (Å²) < 4.78 is 20.1. The average molecular weight is 287 g/mol. The third-order valence-corrected chi connectivity index (χ3v) is 3.01. The number of aromatic carboxylic acids is 1. The molecule has 6 nitrogen and oxygen atoms in total. The first-order valence-electron chi connectivity index (χ1n) is 6.00. The van der Waals surface area contributed by atoms with Crippen LogP contribution in [0.2, 0.25) is 0 Å². The Hall–Kier alpha value is -2.96. The number of carbonyl (C=O) groups is 1. The molecule has 0 atom stereocenters. The Labute approximate surface area is 118 Å². The van der Waals surface area contributed by atoms with Gasteiger partial charge in [-0.15, -0.1) is 0 Å². The molecule has 0 bridgehead atoms.